The fourth-order valence-corrected chi connectivity index (χ4v) is 2.77. The van der Waals surface area contributed by atoms with Crippen molar-refractivity contribution >= 4 is 17.3 Å². The molecule has 1 aliphatic carbocycles. The van der Waals surface area contributed by atoms with E-state index in [1.165, 1.54) is 13.2 Å². The van der Waals surface area contributed by atoms with Gasteiger partial charge in [-0.25, -0.2) is 0 Å². The number of methoxy groups -OCH3 is 1. The molecule has 1 amide bonds. The average Bonchev–Trinajstić information content (AvgIpc) is 3.22. The molecule has 1 unspecified atom stereocenters. The van der Waals surface area contributed by atoms with Crippen LogP contribution < -0.4 is 10.1 Å². The van der Waals surface area contributed by atoms with Crippen molar-refractivity contribution in [2.75, 3.05) is 19.0 Å². The van der Waals surface area contributed by atoms with Gasteiger partial charge in [-0.15, -0.1) is 0 Å². The van der Waals surface area contributed by atoms with E-state index in [0.717, 1.165) is 18.9 Å². The Bertz CT molecular complexity index is 633. The number of carbonyl (C=O) groups is 1. The molecule has 2 fully saturated rings. The van der Waals surface area contributed by atoms with E-state index >= 15 is 0 Å². The smallest absolute Gasteiger partial charge is 0.327 e. The van der Waals surface area contributed by atoms with Crippen molar-refractivity contribution in [3.63, 3.8) is 0 Å². The maximum Gasteiger partial charge on any atom is 0.327 e. The molecule has 0 spiro atoms. The number of nitro groups is 1. The first kappa shape index (κ1) is 14.6. The van der Waals surface area contributed by atoms with E-state index in [0.29, 0.717) is 12.6 Å². The van der Waals surface area contributed by atoms with E-state index < -0.39 is 16.4 Å². The number of nitrogens with one attached hydrogen (secondary N) is 1. The van der Waals surface area contributed by atoms with Crippen molar-refractivity contribution in [2.45, 2.75) is 31.3 Å². The number of hydrogen-bond donors (Lipinski definition) is 1. The summed E-state index contributed by atoms with van der Waals surface area (Å²) in [6.07, 6.45) is 2.27. The van der Waals surface area contributed by atoms with Gasteiger partial charge in [0.25, 0.3) is 0 Å². The Kier molecular flexibility index (Phi) is 3.59. The molecule has 0 aromatic heterocycles. The lowest BCUT2D eigenvalue weighted by molar-refractivity contribution is -0.386. The summed E-state index contributed by atoms with van der Waals surface area (Å²) >= 11 is 0. The van der Waals surface area contributed by atoms with Gasteiger partial charge < -0.3 is 15.0 Å². The SMILES string of the molecule is COc1cc(F)c([N+](=O)[O-])c(NC2CC(=O)N(C3CC3)C2)c1. The zero-order chi connectivity index (χ0) is 15.9. The second-order valence-corrected chi connectivity index (χ2v) is 5.59. The molecule has 22 heavy (non-hydrogen) atoms. The van der Waals surface area contributed by atoms with Crippen molar-refractivity contribution in [3.8, 4) is 5.75 Å². The van der Waals surface area contributed by atoms with Gasteiger partial charge in [0.15, 0.2) is 0 Å². The number of carbonyl (C=O) groups excluding carboxylic acids is 1. The molecule has 1 aromatic rings. The Labute approximate surface area is 126 Å². The van der Waals surface area contributed by atoms with Crippen LogP contribution in [0.2, 0.25) is 0 Å². The Balaban J connectivity index is 1.83. The van der Waals surface area contributed by atoms with Crippen LogP contribution in [-0.4, -0.2) is 41.5 Å². The van der Waals surface area contributed by atoms with Gasteiger partial charge in [-0.1, -0.05) is 0 Å². The van der Waals surface area contributed by atoms with Gasteiger partial charge >= 0.3 is 5.69 Å². The molecule has 1 saturated heterocycles. The van der Waals surface area contributed by atoms with Crippen LogP contribution in [-0.2, 0) is 4.79 Å². The van der Waals surface area contributed by atoms with E-state index in [9.17, 15) is 19.3 Å². The van der Waals surface area contributed by atoms with Crippen LogP contribution in [0.3, 0.4) is 0 Å². The molecular weight excluding hydrogens is 293 g/mol. The number of anilines is 1. The van der Waals surface area contributed by atoms with Gasteiger partial charge in [0.1, 0.15) is 11.4 Å². The van der Waals surface area contributed by atoms with E-state index in [1.807, 2.05) is 0 Å². The molecule has 1 N–H and O–H groups in total. The normalized spacial score (nSPS) is 21.1. The number of nitro benzene ring substituents is 1. The number of amides is 1. The van der Waals surface area contributed by atoms with Crippen LogP contribution in [0, 0.1) is 15.9 Å². The molecule has 0 radical (unpaired) electrons. The molecule has 7 nitrogen and oxygen atoms in total. The van der Waals surface area contributed by atoms with Gasteiger partial charge in [0.2, 0.25) is 11.7 Å². The van der Waals surface area contributed by atoms with Crippen molar-refractivity contribution < 1.29 is 18.8 Å². The fourth-order valence-electron chi connectivity index (χ4n) is 2.77. The Morgan fingerprint density at radius 2 is 2.18 bits per heavy atom. The molecule has 1 heterocycles. The van der Waals surface area contributed by atoms with Crippen LogP contribution in [0.5, 0.6) is 5.75 Å². The minimum Gasteiger partial charge on any atom is -0.497 e. The topological polar surface area (TPSA) is 84.7 Å². The van der Waals surface area contributed by atoms with Gasteiger partial charge in [-0.05, 0) is 12.8 Å². The quantitative estimate of drug-likeness (QED) is 0.663. The third-order valence-electron chi connectivity index (χ3n) is 3.96. The largest absolute Gasteiger partial charge is 0.497 e. The Morgan fingerprint density at radius 3 is 2.77 bits per heavy atom. The molecule has 0 bridgehead atoms. The van der Waals surface area contributed by atoms with Crippen LogP contribution >= 0.6 is 0 Å². The van der Waals surface area contributed by atoms with Crippen LogP contribution in [0.1, 0.15) is 19.3 Å². The van der Waals surface area contributed by atoms with E-state index in [2.05, 4.69) is 5.32 Å². The Morgan fingerprint density at radius 1 is 1.45 bits per heavy atom. The van der Waals surface area contributed by atoms with Gasteiger partial charge in [0, 0.05) is 31.1 Å². The number of ether oxygens (including phenoxy) is 1. The standard InChI is InChI=1S/C14H16FN3O4/c1-22-10-5-11(15)14(18(20)21)12(6-10)16-8-4-13(19)17(7-8)9-2-3-9/h5-6,8-9,16H,2-4,7H2,1H3. The number of rotatable bonds is 5. The molecular formula is C14H16FN3O4. The minimum absolute atomic E-state index is 0.0334. The highest BCUT2D eigenvalue weighted by Gasteiger charge is 2.40. The lowest BCUT2D eigenvalue weighted by Crippen LogP contribution is -2.29. The van der Waals surface area contributed by atoms with E-state index in [-0.39, 0.29) is 29.8 Å². The summed E-state index contributed by atoms with van der Waals surface area (Å²) < 4.78 is 18.8. The van der Waals surface area contributed by atoms with Crippen molar-refractivity contribution in [1.82, 2.24) is 4.90 Å². The Hall–Kier alpha value is -2.38. The number of hydrogen-bond acceptors (Lipinski definition) is 5. The van der Waals surface area contributed by atoms with E-state index in [1.54, 1.807) is 4.90 Å². The van der Waals surface area contributed by atoms with Crippen molar-refractivity contribution in [1.29, 1.82) is 0 Å². The van der Waals surface area contributed by atoms with Crippen LogP contribution in [0.15, 0.2) is 12.1 Å². The predicted octanol–water partition coefficient (Wildman–Crippen LogP) is 1.92. The second kappa shape index (κ2) is 5.43. The lowest BCUT2D eigenvalue weighted by atomic mass is 10.2. The summed E-state index contributed by atoms with van der Waals surface area (Å²) in [4.78, 5) is 24.0. The zero-order valence-electron chi connectivity index (χ0n) is 12.0. The highest BCUT2D eigenvalue weighted by atomic mass is 19.1. The zero-order valence-corrected chi connectivity index (χ0v) is 12.0. The molecule has 1 saturated carbocycles. The second-order valence-electron chi connectivity index (χ2n) is 5.59. The third kappa shape index (κ3) is 2.68. The highest BCUT2D eigenvalue weighted by Crippen LogP contribution is 2.35. The van der Waals surface area contributed by atoms with Crippen LogP contribution in [0.4, 0.5) is 15.8 Å². The van der Waals surface area contributed by atoms with Crippen LogP contribution in [0.25, 0.3) is 0 Å². The first-order valence-corrected chi connectivity index (χ1v) is 7.07. The summed E-state index contributed by atoms with van der Waals surface area (Å²) in [6.45, 7) is 0.486. The maximum absolute atomic E-state index is 13.9. The molecule has 1 aromatic carbocycles. The fraction of sp³-hybridized carbons (Fsp3) is 0.500. The van der Waals surface area contributed by atoms with Gasteiger partial charge in [0.05, 0.1) is 18.1 Å². The summed E-state index contributed by atoms with van der Waals surface area (Å²) in [6, 6.07) is 2.39. The number of benzene rings is 1. The lowest BCUT2D eigenvalue weighted by Gasteiger charge is -2.17. The molecule has 1 atom stereocenters. The number of nitrogens with zero attached hydrogens (tertiary/aromatic N) is 2. The summed E-state index contributed by atoms with van der Waals surface area (Å²) in [5, 5.41) is 14.0. The van der Waals surface area contributed by atoms with Crippen molar-refractivity contribution in [2.24, 2.45) is 0 Å². The van der Waals surface area contributed by atoms with Gasteiger partial charge in [-0.3, -0.25) is 14.9 Å². The highest BCUT2D eigenvalue weighted by molar-refractivity contribution is 5.81. The average molecular weight is 309 g/mol. The minimum atomic E-state index is -0.963. The maximum atomic E-state index is 13.9. The third-order valence-corrected chi connectivity index (χ3v) is 3.96. The van der Waals surface area contributed by atoms with Crippen molar-refractivity contribution in [3.05, 3.63) is 28.1 Å². The summed E-state index contributed by atoms with van der Waals surface area (Å²) in [5.74, 6) is -0.741. The molecule has 8 heteroatoms. The number of likely N-dealkylation sites (tertiary alicyclic amines) is 1. The molecule has 1 aliphatic heterocycles. The predicted molar refractivity (Wildman–Crippen MR) is 76.4 cm³/mol. The molecule has 2 aliphatic rings. The first-order valence-electron chi connectivity index (χ1n) is 7.07. The first-order chi connectivity index (χ1) is 10.5. The van der Waals surface area contributed by atoms with E-state index in [4.69, 9.17) is 4.74 Å². The molecule has 118 valence electrons. The molecule has 3 rings (SSSR count). The monoisotopic (exact) mass is 309 g/mol. The summed E-state index contributed by atoms with van der Waals surface area (Å²) in [7, 11) is 1.36. The van der Waals surface area contributed by atoms with Gasteiger partial charge in [-0.2, -0.15) is 4.39 Å². The number of halogens is 1. The summed E-state index contributed by atoms with van der Waals surface area (Å²) in [5.41, 5.74) is -0.588.